The highest BCUT2D eigenvalue weighted by molar-refractivity contribution is 5.95. The molecular formula is C23H29F2N7O. The van der Waals surface area contributed by atoms with Crippen molar-refractivity contribution in [1.82, 2.24) is 25.0 Å². The Morgan fingerprint density at radius 3 is 2.79 bits per heavy atom. The quantitative estimate of drug-likeness (QED) is 0.757. The number of benzene rings is 1. The van der Waals surface area contributed by atoms with Gasteiger partial charge in [-0.3, -0.25) is 0 Å². The number of amides is 2. The highest BCUT2D eigenvalue weighted by Gasteiger charge is 2.37. The molecule has 1 N–H and O–H groups in total. The topological polar surface area (TPSA) is 66.8 Å². The molecule has 1 aromatic carbocycles. The second kappa shape index (κ2) is 9.09. The molecule has 8 nitrogen and oxygen atoms in total. The first-order valence-electron chi connectivity index (χ1n) is 11.6. The third-order valence-electron chi connectivity index (χ3n) is 6.85. The molecule has 2 fully saturated rings. The summed E-state index contributed by atoms with van der Waals surface area (Å²) < 4.78 is 28.3. The Morgan fingerprint density at radius 2 is 2.00 bits per heavy atom. The standard InChI is InChI=1S/C23H29F2N7O/c1-2-29-10-12-30(13-11-29)23(33)27-19-15-26-32-9-7-21(28-22(19)32)31-8-3-4-20(31)17-14-16(24)5-6-18(17)25/h5-7,9,14-15,19-20,22H,2-4,8,10-13H2,1H3,(H,27,33)/t19?,20-,22?/m1/s1. The van der Waals surface area contributed by atoms with E-state index in [1.165, 1.54) is 12.1 Å². The first-order valence-corrected chi connectivity index (χ1v) is 11.6. The van der Waals surface area contributed by atoms with E-state index < -0.39 is 17.8 Å². The summed E-state index contributed by atoms with van der Waals surface area (Å²) in [5.41, 5.74) is 0.352. The summed E-state index contributed by atoms with van der Waals surface area (Å²) in [7, 11) is 0. The predicted octanol–water partition coefficient (Wildman–Crippen LogP) is 2.37. The van der Waals surface area contributed by atoms with Gasteiger partial charge in [0.05, 0.1) is 12.3 Å². The molecule has 5 rings (SSSR count). The van der Waals surface area contributed by atoms with Gasteiger partial charge in [0.25, 0.3) is 0 Å². The Hall–Kier alpha value is -3.01. The molecule has 33 heavy (non-hydrogen) atoms. The summed E-state index contributed by atoms with van der Waals surface area (Å²) >= 11 is 0. The van der Waals surface area contributed by atoms with Crippen LogP contribution >= 0.6 is 0 Å². The molecule has 1 aromatic rings. The molecule has 0 radical (unpaired) electrons. The average Bonchev–Trinajstić information content (AvgIpc) is 3.48. The molecule has 0 spiro atoms. The molecule has 176 valence electrons. The van der Waals surface area contributed by atoms with Gasteiger partial charge < -0.3 is 20.0 Å². The van der Waals surface area contributed by atoms with Crippen molar-refractivity contribution in [1.29, 1.82) is 0 Å². The molecule has 3 atom stereocenters. The van der Waals surface area contributed by atoms with Crippen LogP contribution in [0.15, 0.2) is 40.6 Å². The van der Waals surface area contributed by atoms with Gasteiger partial charge in [-0.1, -0.05) is 6.92 Å². The number of carbonyl (C=O) groups excluding carboxylic acids is 1. The fourth-order valence-electron chi connectivity index (χ4n) is 4.96. The molecule has 2 saturated heterocycles. The predicted molar refractivity (Wildman–Crippen MR) is 122 cm³/mol. The minimum absolute atomic E-state index is 0.115. The molecule has 4 heterocycles. The van der Waals surface area contributed by atoms with Crippen LogP contribution in [-0.4, -0.2) is 89.3 Å². The van der Waals surface area contributed by atoms with E-state index in [-0.39, 0.29) is 18.1 Å². The van der Waals surface area contributed by atoms with E-state index in [1.54, 1.807) is 11.2 Å². The van der Waals surface area contributed by atoms with E-state index in [2.05, 4.69) is 22.2 Å². The van der Waals surface area contributed by atoms with Crippen molar-refractivity contribution in [3.63, 3.8) is 0 Å². The summed E-state index contributed by atoms with van der Waals surface area (Å²) in [5, 5.41) is 9.15. The molecule has 0 aliphatic carbocycles. The summed E-state index contributed by atoms with van der Waals surface area (Å²) in [4.78, 5) is 23.9. The van der Waals surface area contributed by atoms with Crippen LogP contribution in [0.3, 0.4) is 0 Å². The van der Waals surface area contributed by atoms with Crippen molar-refractivity contribution in [3.05, 3.63) is 47.7 Å². The van der Waals surface area contributed by atoms with Crippen LogP contribution in [-0.2, 0) is 0 Å². The smallest absolute Gasteiger partial charge is 0.318 e. The van der Waals surface area contributed by atoms with Gasteiger partial charge in [0.15, 0.2) is 6.17 Å². The number of nitrogens with one attached hydrogen (secondary N) is 1. The van der Waals surface area contributed by atoms with Crippen molar-refractivity contribution in [2.45, 2.75) is 38.0 Å². The number of carbonyl (C=O) groups is 1. The molecular weight excluding hydrogens is 428 g/mol. The number of halogens is 2. The van der Waals surface area contributed by atoms with Gasteiger partial charge in [0.1, 0.15) is 23.5 Å². The van der Waals surface area contributed by atoms with Gasteiger partial charge in [-0.05, 0) is 43.7 Å². The molecule has 0 aromatic heterocycles. The van der Waals surface area contributed by atoms with E-state index in [9.17, 15) is 13.6 Å². The second-order valence-electron chi connectivity index (χ2n) is 8.78. The Morgan fingerprint density at radius 1 is 1.18 bits per heavy atom. The van der Waals surface area contributed by atoms with Crippen LogP contribution in [0, 0.1) is 11.6 Å². The average molecular weight is 458 g/mol. The van der Waals surface area contributed by atoms with Crippen LogP contribution in [0.5, 0.6) is 0 Å². The maximum atomic E-state index is 14.5. The zero-order valence-electron chi connectivity index (χ0n) is 18.7. The lowest BCUT2D eigenvalue weighted by atomic mass is 10.0. The third-order valence-corrected chi connectivity index (χ3v) is 6.85. The van der Waals surface area contributed by atoms with Gasteiger partial charge >= 0.3 is 6.03 Å². The number of fused-ring (bicyclic) bond motifs is 1. The van der Waals surface area contributed by atoms with Gasteiger partial charge in [0, 0.05) is 44.5 Å². The monoisotopic (exact) mass is 457 g/mol. The number of urea groups is 1. The number of amidine groups is 1. The van der Waals surface area contributed by atoms with Gasteiger partial charge in [-0.15, -0.1) is 0 Å². The van der Waals surface area contributed by atoms with Crippen molar-refractivity contribution < 1.29 is 13.6 Å². The van der Waals surface area contributed by atoms with Crippen molar-refractivity contribution in [3.8, 4) is 0 Å². The second-order valence-corrected chi connectivity index (χ2v) is 8.78. The zero-order chi connectivity index (χ0) is 22.9. The van der Waals surface area contributed by atoms with Gasteiger partial charge in [-0.2, -0.15) is 5.10 Å². The number of likely N-dealkylation sites (tertiary alicyclic amines) is 1. The van der Waals surface area contributed by atoms with E-state index in [1.807, 2.05) is 22.1 Å². The summed E-state index contributed by atoms with van der Waals surface area (Å²) in [6.07, 6.45) is 6.56. The number of rotatable bonds is 3. The molecule has 4 aliphatic heterocycles. The van der Waals surface area contributed by atoms with Crippen LogP contribution in [0.1, 0.15) is 31.4 Å². The van der Waals surface area contributed by atoms with E-state index in [0.29, 0.717) is 31.0 Å². The fourth-order valence-corrected chi connectivity index (χ4v) is 4.96. The fraction of sp³-hybridized carbons (Fsp3) is 0.522. The van der Waals surface area contributed by atoms with Crippen LogP contribution in [0.4, 0.5) is 13.6 Å². The summed E-state index contributed by atoms with van der Waals surface area (Å²) in [5.74, 6) is -0.158. The lowest BCUT2D eigenvalue weighted by Crippen LogP contribution is -2.55. The number of hydrogen-bond donors (Lipinski definition) is 1. The zero-order valence-corrected chi connectivity index (χ0v) is 18.7. The van der Waals surface area contributed by atoms with E-state index >= 15 is 0 Å². The highest BCUT2D eigenvalue weighted by Crippen LogP contribution is 2.35. The van der Waals surface area contributed by atoms with Gasteiger partial charge in [-0.25, -0.2) is 23.6 Å². The highest BCUT2D eigenvalue weighted by atomic mass is 19.1. The van der Waals surface area contributed by atoms with Gasteiger partial charge in [0.2, 0.25) is 0 Å². The van der Waals surface area contributed by atoms with E-state index in [0.717, 1.165) is 38.5 Å². The van der Waals surface area contributed by atoms with Crippen LogP contribution < -0.4 is 5.32 Å². The summed E-state index contributed by atoms with van der Waals surface area (Å²) in [6, 6.07) is 2.83. The van der Waals surface area contributed by atoms with E-state index in [4.69, 9.17) is 4.99 Å². The normalized spacial score (nSPS) is 27.2. The van der Waals surface area contributed by atoms with Crippen molar-refractivity contribution in [2.75, 3.05) is 39.3 Å². The first-order chi connectivity index (χ1) is 16.0. The Kier molecular flexibility index (Phi) is 6.01. The number of likely N-dealkylation sites (N-methyl/N-ethyl adjacent to an activating group) is 1. The van der Waals surface area contributed by atoms with Crippen molar-refractivity contribution >= 4 is 18.1 Å². The molecule has 4 aliphatic rings. The Labute approximate surface area is 192 Å². The minimum Gasteiger partial charge on any atom is -0.350 e. The maximum absolute atomic E-state index is 14.5. The Bertz CT molecular complexity index is 989. The molecule has 0 saturated carbocycles. The maximum Gasteiger partial charge on any atom is 0.318 e. The Balaban J connectivity index is 1.29. The molecule has 0 bridgehead atoms. The SMILES string of the molecule is CCN1CCN(C(=O)NC2C=NN3C=CC(N4CCC[C@@H]4c4cc(F)ccc4F)=NC23)CC1. The third kappa shape index (κ3) is 4.31. The van der Waals surface area contributed by atoms with Crippen LogP contribution in [0.25, 0.3) is 0 Å². The lowest BCUT2D eigenvalue weighted by Gasteiger charge is -2.35. The largest absolute Gasteiger partial charge is 0.350 e. The molecule has 10 heteroatoms. The number of piperazine rings is 1. The lowest BCUT2D eigenvalue weighted by molar-refractivity contribution is 0.140. The summed E-state index contributed by atoms with van der Waals surface area (Å²) in [6.45, 7) is 6.95. The number of aliphatic imine (C=N–C) groups is 1. The minimum atomic E-state index is -0.447. The molecule has 2 unspecified atom stereocenters. The number of hydrazone groups is 1. The first kappa shape index (κ1) is 21.8. The number of hydrogen-bond acceptors (Lipinski definition) is 6. The molecule has 2 amide bonds. The van der Waals surface area contributed by atoms with Crippen molar-refractivity contribution in [2.24, 2.45) is 10.1 Å². The van der Waals surface area contributed by atoms with Crippen LogP contribution in [0.2, 0.25) is 0 Å². The number of nitrogens with zero attached hydrogens (tertiary/aromatic N) is 6.